The van der Waals surface area contributed by atoms with Gasteiger partial charge in [-0.15, -0.1) is 0 Å². The number of nitrogens with zero attached hydrogens (tertiary/aromatic N) is 1. The molecular formula is C11H9NO3. The fraction of sp³-hybridized carbons (Fsp3) is 0.0909. The van der Waals surface area contributed by atoms with Gasteiger partial charge in [0.2, 0.25) is 0 Å². The van der Waals surface area contributed by atoms with E-state index < -0.39 is 5.97 Å². The molecule has 0 spiro atoms. The minimum atomic E-state index is -0.899. The zero-order valence-corrected chi connectivity index (χ0v) is 7.88. The molecule has 0 fully saturated rings. The van der Waals surface area contributed by atoms with Crippen molar-refractivity contribution in [3.8, 4) is 0 Å². The minimum Gasteiger partial charge on any atom is -0.480 e. The quantitative estimate of drug-likeness (QED) is 0.769. The van der Waals surface area contributed by atoms with Crippen LogP contribution in [-0.2, 0) is 11.3 Å². The maximum atomic E-state index is 10.6. The molecule has 1 aromatic heterocycles. The van der Waals surface area contributed by atoms with Crippen LogP contribution in [0.1, 0.15) is 10.4 Å². The van der Waals surface area contributed by atoms with Crippen LogP contribution in [0, 0.1) is 0 Å². The van der Waals surface area contributed by atoms with Gasteiger partial charge in [0.15, 0.2) is 0 Å². The highest BCUT2D eigenvalue weighted by molar-refractivity contribution is 5.88. The average molecular weight is 203 g/mol. The van der Waals surface area contributed by atoms with E-state index in [2.05, 4.69) is 0 Å². The highest BCUT2D eigenvalue weighted by Crippen LogP contribution is 2.16. The zero-order chi connectivity index (χ0) is 10.8. The molecular weight excluding hydrogens is 194 g/mol. The Bertz CT molecular complexity index is 528. The molecule has 1 heterocycles. The Morgan fingerprint density at radius 3 is 2.87 bits per heavy atom. The molecule has 1 aromatic carbocycles. The third-order valence-corrected chi connectivity index (χ3v) is 2.24. The van der Waals surface area contributed by atoms with Gasteiger partial charge >= 0.3 is 5.97 Å². The monoisotopic (exact) mass is 203 g/mol. The second kappa shape index (κ2) is 3.57. The summed E-state index contributed by atoms with van der Waals surface area (Å²) in [5.74, 6) is -0.899. The molecule has 0 saturated heterocycles. The van der Waals surface area contributed by atoms with Crippen molar-refractivity contribution in [3.63, 3.8) is 0 Å². The van der Waals surface area contributed by atoms with Crippen LogP contribution in [0.25, 0.3) is 10.9 Å². The van der Waals surface area contributed by atoms with Crippen molar-refractivity contribution in [1.82, 2.24) is 4.57 Å². The Balaban J connectivity index is 2.55. The van der Waals surface area contributed by atoms with E-state index >= 15 is 0 Å². The fourth-order valence-corrected chi connectivity index (χ4v) is 1.56. The van der Waals surface area contributed by atoms with Crippen LogP contribution in [0.4, 0.5) is 0 Å². The molecule has 0 amide bonds. The maximum absolute atomic E-state index is 10.6. The summed E-state index contributed by atoms with van der Waals surface area (Å²) in [5, 5.41) is 9.61. The lowest BCUT2D eigenvalue weighted by molar-refractivity contribution is -0.137. The van der Waals surface area contributed by atoms with Crippen molar-refractivity contribution in [3.05, 3.63) is 36.0 Å². The summed E-state index contributed by atoms with van der Waals surface area (Å²) in [6.07, 6.45) is 2.45. The molecule has 0 saturated carbocycles. The van der Waals surface area contributed by atoms with Gasteiger partial charge in [-0.25, -0.2) is 0 Å². The SMILES string of the molecule is O=Cc1ccc2ccn(CC(=O)O)c2c1. The van der Waals surface area contributed by atoms with Crippen LogP contribution in [-0.4, -0.2) is 21.9 Å². The Labute approximate surface area is 85.7 Å². The van der Waals surface area contributed by atoms with Crippen molar-refractivity contribution in [2.24, 2.45) is 0 Å². The lowest BCUT2D eigenvalue weighted by Gasteiger charge is -2.01. The molecule has 4 nitrogen and oxygen atoms in total. The van der Waals surface area contributed by atoms with Gasteiger partial charge < -0.3 is 9.67 Å². The number of hydrogen-bond donors (Lipinski definition) is 1. The lowest BCUT2D eigenvalue weighted by atomic mass is 10.2. The molecule has 0 atom stereocenters. The second-order valence-electron chi connectivity index (χ2n) is 3.27. The number of aldehydes is 1. The summed E-state index contributed by atoms with van der Waals surface area (Å²) in [6, 6.07) is 7.02. The maximum Gasteiger partial charge on any atom is 0.323 e. The molecule has 15 heavy (non-hydrogen) atoms. The molecule has 0 bridgehead atoms. The summed E-state index contributed by atoms with van der Waals surface area (Å²) < 4.78 is 1.60. The van der Waals surface area contributed by atoms with Gasteiger partial charge in [0.25, 0.3) is 0 Å². The number of carbonyl (C=O) groups is 2. The Morgan fingerprint density at radius 2 is 2.20 bits per heavy atom. The van der Waals surface area contributed by atoms with Crippen molar-refractivity contribution >= 4 is 23.2 Å². The van der Waals surface area contributed by atoms with E-state index in [1.165, 1.54) is 0 Å². The minimum absolute atomic E-state index is 0.0915. The highest BCUT2D eigenvalue weighted by Gasteiger charge is 2.04. The molecule has 0 radical (unpaired) electrons. The van der Waals surface area contributed by atoms with Gasteiger partial charge in [-0.2, -0.15) is 0 Å². The van der Waals surface area contributed by atoms with Crippen molar-refractivity contribution < 1.29 is 14.7 Å². The largest absolute Gasteiger partial charge is 0.480 e. The summed E-state index contributed by atoms with van der Waals surface area (Å²) in [4.78, 5) is 21.2. The number of fused-ring (bicyclic) bond motifs is 1. The van der Waals surface area contributed by atoms with Gasteiger partial charge in [0.1, 0.15) is 12.8 Å². The van der Waals surface area contributed by atoms with Crippen LogP contribution in [0.5, 0.6) is 0 Å². The van der Waals surface area contributed by atoms with Gasteiger partial charge in [-0.1, -0.05) is 12.1 Å². The van der Waals surface area contributed by atoms with Crippen LogP contribution in [0.2, 0.25) is 0 Å². The number of aromatic nitrogens is 1. The van der Waals surface area contributed by atoms with E-state index in [0.29, 0.717) is 5.56 Å². The smallest absolute Gasteiger partial charge is 0.323 e. The van der Waals surface area contributed by atoms with Gasteiger partial charge in [-0.3, -0.25) is 9.59 Å². The van der Waals surface area contributed by atoms with E-state index in [9.17, 15) is 9.59 Å². The first-order valence-corrected chi connectivity index (χ1v) is 4.46. The molecule has 0 aliphatic heterocycles. The summed E-state index contributed by atoms with van der Waals surface area (Å²) in [7, 11) is 0. The molecule has 2 rings (SSSR count). The van der Waals surface area contributed by atoms with Crippen molar-refractivity contribution in [2.75, 3.05) is 0 Å². The van der Waals surface area contributed by atoms with Gasteiger partial charge in [0, 0.05) is 17.3 Å². The first-order chi connectivity index (χ1) is 7.20. The molecule has 4 heteroatoms. The number of hydrogen-bond acceptors (Lipinski definition) is 2. The number of aliphatic carboxylic acids is 1. The highest BCUT2D eigenvalue weighted by atomic mass is 16.4. The van der Waals surface area contributed by atoms with E-state index in [1.807, 2.05) is 6.07 Å². The number of carboxylic acid groups (broad SMARTS) is 1. The van der Waals surface area contributed by atoms with E-state index in [0.717, 1.165) is 17.2 Å². The van der Waals surface area contributed by atoms with Crippen LogP contribution in [0.3, 0.4) is 0 Å². The molecule has 0 unspecified atom stereocenters. The summed E-state index contributed by atoms with van der Waals surface area (Å²) in [6.45, 7) is -0.0915. The zero-order valence-electron chi connectivity index (χ0n) is 7.88. The number of carboxylic acids is 1. The number of carbonyl (C=O) groups excluding carboxylic acids is 1. The van der Waals surface area contributed by atoms with E-state index in [4.69, 9.17) is 5.11 Å². The van der Waals surface area contributed by atoms with Crippen LogP contribution < -0.4 is 0 Å². The predicted octanol–water partition coefficient (Wildman–Crippen LogP) is 1.54. The van der Waals surface area contributed by atoms with Crippen LogP contribution >= 0.6 is 0 Å². The standard InChI is InChI=1S/C11H9NO3/c13-7-8-1-2-9-3-4-12(6-11(14)15)10(9)5-8/h1-5,7H,6H2,(H,14,15). The molecule has 1 N–H and O–H groups in total. The Hall–Kier alpha value is -2.10. The van der Waals surface area contributed by atoms with Crippen molar-refractivity contribution in [2.45, 2.75) is 6.54 Å². The van der Waals surface area contributed by atoms with E-state index in [-0.39, 0.29) is 6.54 Å². The normalized spacial score (nSPS) is 10.4. The van der Waals surface area contributed by atoms with Crippen molar-refractivity contribution in [1.29, 1.82) is 0 Å². The molecule has 0 aliphatic rings. The molecule has 76 valence electrons. The summed E-state index contributed by atoms with van der Waals surface area (Å²) in [5.41, 5.74) is 1.31. The lowest BCUT2D eigenvalue weighted by Crippen LogP contribution is -2.07. The first kappa shape index (κ1) is 9.45. The molecule has 0 aliphatic carbocycles. The fourth-order valence-electron chi connectivity index (χ4n) is 1.56. The third-order valence-electron chi connectivity index (χ3n) is 2.24. The Morgan fingerprint density at radius 1 is 1.40 bits per heavy atom. The van der Waals surface area contributed by atoms with Gasteiger partial charge in [-0.05, 0) is 17.5 Å². The molecule has 2 aromatic rings. The predicted molar refractivity (Wildman–Crippen MR) is 55.0 cm³/mol. The summed E-state index contributed by atoms with van der Waals surface area (Å²) >= 11 is 0. The first-order valence-electron chi connectivity index (χ1n) is 4.46. The van der Waals surface area contributed by atoms with Gasteiger partial charge in [0.05, 0.1) is 0 Å². The average Bonchev–Trinajstić information content (AvgIpc) is 2.60. The third kappa shape index (κ3) is 1.74. The second-order valence-corrected chi connectivity index (χ2v) is 3.27. The number of benzene rings is 1. The number of rotatable bonds is 3. The Kier molecular flexibility index (Phi) is 2.25. The topological polar surface area (TPSA) is 59.3 Å². The van der Waals surface area contributed by atoms with Crippen LogP contribution in [0.15, 0.2) is 30.5 Å². The van der Waals surface area contributed by atoms with E-state index in [1.54, 1.807) is 29.0 Å².